The van der Waals surface area contributed by atoms with Crippen LogP contribution < -0.4 is 15.5 Å². The van der Waals surface area contributed by atoms with Crippen molar-refractivity contribution in [1.82, 2.24) is 25.2 Å². The first-order chi connectivity index (χ1) is 17.1. The molecule has 0 spiro atoms. The smallest absolute Gasteiger partial charge is 0.289 e. The van der Waals surface area contributed by atoms with Gasteiger partial charge in [0.1, 0.15) is 11.6 Å². The van der Waals surface area contributed by atoms with E-state index in [1.807, 2.05) is 17.0 Å². The fraction of sp³-hybridized carbons (Fsp3) is 0.520. The number of pyridine rings is 1. The van der Waals surface area contributed by atoms with Gasteiger partial charge in [-0.3, -0.25) is 15.0 Å². The SMILES string of the molecule is CNc1nc(N2CCCCCC2)ccc1C(=N)c1cnc(C(=O)NCCC(=O)N2CCCC2)nc1. The maximum Gasteiger partial charge on any atom is 0.289 e. The molecule has 3 N–H and O–H groups in total. The number of nitrogens with zero attached hydrogens (tertiary/aromatic N) is 5. The van der Waals surface area contributed by atoms with E-state index in [9.17, 15) is 9.59 Å². The van der Waals surface area contributed by atoms with Gasteiger partial charge in [0, 0.05) is 69.7 Å². The molecule has 2 fully saturated rings. The van der Waals surface area contributed by atoms with E-state index in [1.54, 1.807) is 7.05 Å². The molecule has 186 valence electrons. The first-order valence-corrected chi connectivity index (χ1v) is 12.5. The number of anilines is 2. The molecule has 2 aliphatic heterocycles. The molecule has 10 heteroatoms. The van der Waals surface area contributed by atoms with E-state index in [2.05, 4.69) is 25.5 Å². The van der Waals surface area contributed by atoms with Crippen LogP contribution in [0, 0.1) is 5.41 Å². The van der Waals surface area contributed by atoms with Crippen LogP contribution in [0.1, 0.15) is 66.7 Å². The van der Waals surface area contributed by atoms with Crippen molar-refractivity contribution in [3.05, 3.63) is 41.5 Å². The molecule has 0 aromatic carbocycles. The Hall–Kier alpha value is -3.56. The second kappa shape index (κ2) is 11.7. The van der Waals surface area contributed by atoms with Gasteiger partial charge in [0.15, 0.2) is 0 Å². The molecule has 0 radical (unpaired) electrons. The Balaban J connectivity index is 1.37. The Labute approximate surface area is 206 Å². The average Bonchev–Trinajstić information content (AvgIpc) is 3.30. The zero-order valence-electron chi connectivity index (χ0n) is 20.3. The number of nitrogens with one attached hydrogen (secondary N) is 3. The monoisotopic (exact) mass is 478 g/mol. The van der Waals surface area contributed by atoms with E-state index in [0.717, 1.165) is 44.8 Å². The highest BCUT2D eigenvalue weighted by Gasteiger charge is 2.19. The highest BCUT2D eigenvalue weighted by atomic mass is 16.2. The molecule has 4 rings (SSSR count). The number of aromatic nitrogens is 3. The van der Waals surface area contributed by atoms with Crippen molar-refractivity contribution in [2.75, 3.05) is 50.0 Å². The van der Waals surface area contributed by atoms with Gasteiger partial charge in [-0.25, -0.2) is 15.0 Å². The lowest BCUT2D eigenvalue weighted by atomic mass is 10.1. The number of hydrogen-bond donors (Lipinski definition) is 3. The van der Waals surface area contributed by atoms with Crippen LogP contribution in [0.4, 0.5) is 11.6 Å². The van der Waals surface area contributed by atoms with Crippen LogP contribution in [0.2, 0.25) is 0 Å². The molecule has 2 amide bonds. The summed E-state index contributed by atoms with van der Waals surface area (Å²) in [5, 5.41) is 14.5. The van der Waals surface area contributed by atoms with E-state index in [-0.39, 0.29) is 30.4 Å². The Morgan fingerprint density at radius 3 is 2.29 bits per heavy atom. The van der Waals surface area contributed by atoms with Gasteiger partial charge in [-0.15, -0.1) is 0 Å². The number of hydrogen-bond acceptors (Lipinski definition) is 8. The van der Waals surface area contributed by atoms with Crippen molar-refractivity contribution in [2.24, 2.45) is 0 Å². The lowest BCUT2D eigenvalue weighted by Crippen LogP contribution is -2.33. The van der Waals surface area contributed by atoms with Crippen molar-refractivity contribution >= 4 is 29.2 Å². The topological polar surface area (TPSA) is 127 Å². The summed E-state index contributed by atoms with van der Waals surface area (Å²) >= 11 is 0. The minimum absolute atomic E-state index is 0.0126. The molecule has 0 atom stereocenters. The molecule has 10 nitrogen and oxygen atoms in total. The summed E-state index contributed by atoms with van der Waals surface area (Å²) in [4.78, 5) is 41.7. The highest BCUT2D eigenvalue weighted by Crippen LogP contribution is 2.23. The number of carbonyl (C=O) groups excluding carboxylic acids is 2. The van der Waals surface area contributed by atoms with E-state index in [0.29, 0.717) is 16.9 Å². The Bertz CT molecular complexity index is 1040. The molecule has 2 aliphatic rings. The minimum Gasteiger partial charge on any atom is -0.373 e. The third kappa shape index (κ3) is 6.12. The highest BCUT2D eigenvalue weighted by molar-refractivity contribution is 6.13. The molecule has 0 aliphatic carbocycles. The summed E-state index contributed by atoms with van der Waals surface area (Å²) in [5.41, 5.74) is 1.37. The normalized spacial score (nSPS) is 16.0. The van der Waals surface area contributed by atoms with Crippen LogP contribution in [-0.2, 0) is 4.79 Å². The van der Waals surface area contributed by atoms with Crippen LogP contribution >= 0.6 is 0 Å². The van der Waals surface area contributed by atoms with E-state index in [4.69, 9.17) is 10.4 Å². The standard InChI is InChI=1S/C25H34N8O2/c1-27-23-19(8-9-20(31-23)32-12-4-2-3-5-13-32)22(26)18-16-29-24(30-17-18)25(35)28-11-10-21(34)33-14-6-7-15-33/h8-9,16-17,26H,2-7,10-15H2,1H3,(H,27,31)(H,28,35). The first-order valence-electron chi connectivity index (χ1n) is 12.5. The quantitative estimate of drug-likeness (QED) is 0.497. The van der Waals surface area contributed by atoms with Crippen LogP contribution in [0.25, 0.3) is 0 Å². The number of carbonyl (C=O) groups is 2. The van der Waals surface area contributed by atoms with Gasteiger partial charge in [-0.1, -0.05) is 12.8 Å². The fourth-order valence-corrected chi connectivity index (χ4v) is 4.53. The molecule has 4 heterocycles. The van der Waals surface area contributed by atoms with Crippen molar-refractivity contribution in [3.63, 3.8) is 0 Å². The Morgan fingerprint density at radius 2 is 1.63 bits per heavy atom. The number of likely N-dealkylation sites (tertiary alicyclic amines) is 1. The summed E-state index contributed by atoms with van der Waals surface area (Å²) in [6.45, 7) is 3.84. The molecule has 0 bridgehead atoms. The molecule has 2 aromatic heterocycles. The zero-order valence-corrected chi connectivity index (χ0v) is 20.3. The van der Waals surface area contributed by atoms with E-state index < -0.39 is 5.91 Å². The van der Waals surface area contributed by atoms with Crippen molar-refractivity contribution in [2.45, 2.75) is 44.9 Å². The van der Waals surface area contributed by atoms with Gasteiger partial charge in [0.2, 0.25) is 11.7 Å². The summed E-state index contributed by atoms with van der Waals surface area (Å²) in [5.74, 6) is 1.18. The molecule has 35 heavy (non-hydrogen) atoms. The summed E-state index contributed by atoms with van der Waals surface area (Å²) in [7, 11) is 1.80. The van der Waals surface area contributed by atoms with Crippen molar-refractivity contribution in [3.8, 4) is 0 Å². The average molecular weight is 479 g/mol. The Kier molecular flexibility index (Phi) is 8.23. The van der Waals surface area contributed by atoms with Gasteiger partial charge in [0.05, 0.1) is 5.71 Å². The lowest BCUT2D eigenvalue weighted by molar-refractivity contribution is -0.129. The molecule has 2 aromatic rings. The minimum atomic E-state index is -0.434. The molecular weight excluding hydrogens is 444 g/mol. The third-order valence-corrected chi connectivity index (χ3v) is 6.54. The second-order valence-corrected chi connectivity index (χ2v) is 8.98. The number of rotatable bonds is 8. The van der Waals surface area contributed by atoms with Crippen LogP contribution in [0.3, 0.4) is 0 Å². The predicted octanol–water partition coefficient (Wildman–Crippen LogP) is 2.45. The molecular formula is C25H34N8O2. The van der Waals surface area contributed by atoms with Crippen LogP contribution in [0.5, 0.6) is 0 Å². The largest absolute Gasteiger partial charge is 0.373 e. The second-order valence-electron chi connectivity index (χ2n) is 8.98. The summed E-state index contributed by atoms with van der Waals surface area (Å²) in [6.07, 6.45) is 10.1. The van der Waals surface area contributed by atoms with Gasteiger partial charge in [-0.2, -0.15) is 0 Å². The first kappa shape index (κ1) is 24.6. The van der Waals surface area contributed by atoms with Crippen LogP contribution in [0.15, 0.2) is 24.5 Å². The fourth-order valence-electron chi connectivity index (χ4n) is 4.53. The van der Waals surface area contributed by atoms with Gasteiger partial charge in [0.25, 0.3) is 5.91 Å². The third-order valence-electron chi connectivity index (χ3n) is 6.54. The van der Waals surface area contributed by atoms with Crippen LogP contribution in [-0.4, -0.2) is 77.1 Å². The van der Waals surface area contributed by atoms with Gasteiger partial charge >= 0.3 is 0 Å². The van der Waals surface area contributed by atoms with Gasteiger partial charge in [-0.05, 0) is 37.8 Å². The van der Waals surface area contributed by atoms with E-state index in [1.165, 1.54) is 38.1 Å². The lowest BCUT2D eigenvalue weighted by Gasteiger charge is -2.22. The molecule has 0 saturated carbocycles. The maximum absolute atomic E-state index is 12.4. The maximum atomic E-state index is 12.4. The zero-order chi connectivity index (χ0) is 24.6. The molecule has 0 unspecified atom stereocenters. The van der Waals surface area contributed by atoms with Crippen molar-refractivity contribution < 1.29 is 9.59 Å². The summed E-state index contributed by atoms with van der Waals surface area (Å²) < 4.78 is 0. The van der Waals surface area contributed by atoms with E-state index >= 15 is 0 Å². The molecule has 2 saturated heterocycles. The van der Waals surface area contributed by atoms with Gasteiger partial charge < -0.3 is 20.4 Å². The number of amides is 2. The summed E-state index contributed by atoms with van der Waals surface area (Å²) in [6, 6.07) is 3.86. The predicted molar refractivity (Wildman–Crippen MR) is 135 cm³/mol. The van der Waals surface area contributed by atoms with Crippen molar-refractivity contribution in [1.29, 1.82) is 5.41 Å². The Morgan fingerprint density at radius 1 is 0.971 bits per heavy atom.